The first kappa shape index (κ1) is 37.8. The molecule has 0 bridgehead atoms. The van der Waals surface area contributed by atoms with Crippen LogP contribution in [0.25, 0.3) is 21.6 Å². The van der Waals surface area contributed by atoms with Gasteiger partial charge in [0.2, 0.25) is 0 Å². The zero-order chi connectivity index (χ0) is 37.8. The van der Waals surface area contributed by atoms with Crippen LogP contribution >= 0.6 is 11.3 Å². The molecule has 3 N–H and O–H groups in total. The van der Waals surface area contributed by atoms with Crippen molar-refractivity contribution in [2.24, 2.45) is 0 Å². The highest BCUT2D eigenvalue weighted by atomic mass is 32.1. The summed E-state index contributed by atoms with van der Waals surface area (Å²) in [5, 5.41) is 9.51. The van der Waals surface area contributed by atoms with Crippen LogP contribution in [-0.4, -0.2) is 54.7 Å². The quantitative estimate of drug-likeness (QED) is 0.149. The van der Waals surface area contributed by atoms with E-state index < -0.39 is 47.8 Å². The monoisotopic (exact) mass is 738 g/mol. The maximum Gasteiger partial charge on any atom is 0.416 e. The Balaban J connectivity index is 1.59. The molecule has 2 aromatic heterocycles. The Morgan fingerprint density at radius 1 is 0.942 bits per heavy atom. The average Bonchev–Trinajstić information content (AvgIpc) is 3.49. The van der Waals surface area contributed by atoms with Gasteiger partial charge in [0.15, 0.2) is 5.69 Å². The highest BCUT2D eigenvalue weighted by molar-refractivity contribution is 7.13. The Morgan fingerprint density at radius 2 is 1.71 bits per heavy atom. The highest BCUT2D eigenvalue weighted by Gasteiger charge is 2.34. The average molecular weight is 739 g/mol. The van der Waals surface area contributed by atoms with Crippen molar-refractivity contribution in [2.75, 3.05) is 25.6 Å². The summed E-state index contributed by atoms with van der Waals surface area (Å²) >= 11 is 1.44. The lowest BCUT2D eigenvalue weighted by atomic mass is 9.93. The Bertz CT molecular complexity index is 2020. The van der Waals surface area contributed by atoms with Gasteiger partial charge >= 0.3 is 18.2 Å². The first-order chi connectivity index (χ1) is 24.6. The number of alkyl carbamates (subject to hydrolysis) is 1. The predicted octanol–water partition coefficient (Wildman–Crippen LogP) is 7.63. The normalized spacial score (nSPS) is 12.4. The van der Waals surface area contributed by atoms with Crippen LogP contribution in [-0.2, 0) is 28.6 Å². The lowest BCUT2D eigenvalue weighted by molar-refractivity contribution is -0.138. The van der Waals surface area contributed by atoms with Gasteiger partial charge in [-0.25, -0.2) is 14.6 Å². The maximum absolute atomic E-state index is 14.3. The predicted molar refractivity (Wildman–Crippen MR) is 189 cm³/mol. The van der Waals surface area contributed by atoms with Crippen LogP contribution < -0.4 is 20.7 Å². The van der Waals surface area contributed by atoms with Crippen LogP contribution in [0.3, 0.4) is 0 Å². The zero-order valence-electron chi connectivity index (χ0n) is 29.1. The fourth-order valence-corrected chi connectivity index (χ4v) is 6.44. The van der Waals surface area contributed by atoms with Gasteiger partial charge in [-0.15, -0.1) is 11.3 Å². The fraction of sp³-hybridized carbons (Fsp3) is 0.324. The van der Waals surface area contributed by atoms with E-state index in [0.717, 1.165) is 29.7 Å². The van der Waals surface area contributed by atoms with Gasteiger partial charge in [0, 0.05) is 52.3 Å². The van der Waals surface area contributed by atoms with Gasteiger partial charge < -0.3 is 30.2 Å². The second-order valence-electron chi connectivity index (χ2n) is 12.8. The molecule has 5 rings (SSSR count). The zero-order valence-corrected chi connectivity index (χ0v) is 29.9. The van der Waals surface area contributed by atoms with Gasteiger partial charge in [0.05, 0.1) is 19.3 Å². The van der Waals surface area contributed by atoms with Crippen molar-refractivity contribution in [1.82, 2.24) is 15.6 Å². The third-order valence-corrected chi connectivity index (χ3v) is 8.80. The number of carbonyl (C=O) groups excluding carboxylic acids is 4. The molecule has 2 aromatic carbocycles. The molecular formula is C37H37F3N4O7S. The number of thiophene rings is 1. The van der Waals surface area contributed by atoms with Crippen molar-refractivity contribution in [3.05, 3.63) is 87.6 Å². The summed E-state index contributed by atoms with van der Waals surface area (Å²) in [6.07, 6.45) is -4.46. The Hall–Kier alpha value is -5.44. The van der Waals surface area contributed by atoms with Crippen LogP contribution in [0.4, 0.5) is 23.7 Å². The van der Waals surface area contributed by atoms with E-state index >= 15 is 0 Å². The minimum Gasteiger partial charge on any atom is -0.493 e. The number of carbonyl (C=O) groups is 4. The number of alkyl halides is 3. The molecule has 0 aliphatic carbocycles. The number of aromatic nitrogens is 1. The second-order valence-corrected chi connectivity index (χ2v) is 13.7. The number of halogens is 3. The van der Waals surface area contributed by atoms with E-state index in [9.17, 15) is 32.3 Å². The summed E-state index contributed by atoms with van der Waals surface area (Å²) in [4.78, 5) is 57.3. The smallest absolute Gasteiger partial charge is 0.416 e. The van der Waals surface area contributed by atoms with E-state index in [4.69, 9.17) is 14.2 Å². The molecule has 0 radical (unpaired) electrons. The van der Waals surface area contributed by atoms with E-state index in [1.54, 1.807) is 32.9 Å². The van der Waals surface area contributed by atoms with E-state index in [2.05, 4.69) is 20.9 Å². The summed E-state index contributed by atoms with van der Waals surface area (Å²) in [7, 11) is 1.15. The van der Waals surface area contributed by atoms with Crippen molar-refractivity contribution in [1.29, 1.82) is 0 Å². The van der Waals surface area contributed by atoms with Crippen LogP contribution in [0.5, 0.6) is 5.75 Å². The molecular weight excluding hydrogens is 701 g/mol. The number of hydrogen-bond acceptors (Lipinski definition) is 9. The Morgan fingerprint density at radius 3 is 2.40 bits per heavy atom. The molecule has 0 atom stereocenters. The molecule has 3 amide bonds. The summed E-state index contributed by atoms with van der Waals surface area (Å²) in [6.45, 7) is 6.99. The van der Waals surface area contributed by atoms with Crippen molar-refractivity contribution in [3.63, 3.8) is 0 Å². The number of ether oxygens (including phenoxy) is 3. The summed E-state index contributed by atoms with van der Waals surface area (Å²) in [6, 6.07) is 11.2. The number of pyridine rings is 1. The molecule has 0 spiro atoms. The van der Waals surface area contributed by atoms with Gasteiger partial charge in [-0.05, 0) is 86.2 Å². The van der Waals surface area contributed by atoms with Gasteiger partial charge in [0.1, 0.15) is 17.0 Å². The van der Waals surface area contributed by atoms with Gasteiger partial charge in [0.25, 0.3) is 11.8 Å². The molecule has 52 heavy (non-hydrogen) atoms. The largest absolute Gasteiger partial charge is 0.493 e. The number of nitrogens with one attached hydrogen (secondary N) is 3. The number of nitrogens with zero attached hydrogens (tertiary/aromatic N) is 1. The van der Waals surface area contributed by atoms with Gasteiger partial charge in [-0.1, -0.05) is 13.0 Å². The second kappa shape index (κ2) is 15.4. The van der Waals surface area contributed by atoms with Crippen LogP contribution in [0.1, 0.15) is 82.1 Å². The number of hydrogen-bond donors (Lipinski definition) is 3. The number of anilines is 1. The molecule has 1 aliphatic rings. The van der Waals surface area contributed by atoms with Crippen LogP contribution in [0, 0.1) is 0 Å². The Labute approximate surface area is 301 Å². The van der Waals surface area contributed by atoms with E-state index in [1.807, 2.05) is 18.4 Å². The SMILES string of the molecule is CCCNC(=O)c1ccc(-c2cc3c(cc2C(=O)Nc2ccc(CNC(=O)OC(C)(C)C)c(C(F)(F)F)c2)-c2sccc2CCO3)c(C(=O)OC)n1. The minimum absolute atomic E-state index is 0.0111. The number of amides is 3. The topological polar surface area (TPSA) is 145 Å². The van der Waals surface area contributed by atoms with E-state index in [1.165, 1.54) is 29.5 Å². The molecule has 11 nitrogen and oxygen atoms in total. The Kier molecular flexibility index (Phi) is 11.2. The van der Waals surface area contributed by atoms with Crippen molar-refractivity contribution >= 4 is 40.9 Å². The number of rotatable bonds is 9. The first-order valence-electron chi connectivity index (χ1n) is 16.3. The number of fused-ring (bicyclic) bond motifs is 3. The van der Waals surface area contributed by atoms with Crippen LogP contribution in [0.2, 0.25) is 0 Å². The van der Waals surface area contributed by atoms with Crippen LogP contribution in [0.15, 0.2) is 53.9 Å². The highest BCUT2D eigenvalue weighted by Crippen LogP contribution is 2.43. The third-order valence-electron chi connectivity index (χ3n) is 7.81. The van der Waals surface area contributed by atoms with Crippen molar-refractivity contribution in [2.45, 2.75) is 58.9 Å². The molecule has 0 fully saturated rings. The van der Waals surface area contributed by atoms with Gasteiger partial charge in [-0.2, -0.15) is 13.2 Å². The molecule has 0 saturated carbocycles. The molecule has 274 valence electrons. The molecule has 3 heterocycles. The molecule has 4 aromatic rings. The molecule has 0 saturated heterocycles. The summed E-state index contributed by atoms with van der Waals surface area (Å²) < 4.78 is 59.0. The molecule has 0 unspecified atom stereocenters. The minimum atomic E-state index is -4.83. The number of methoxy groups -OCH3 is 1. The van der Waals surface area contributed by atoms with E-state index in [0.29, 0.717) is 37.3 Å². The standard InChI is InChI=1S/C37H37F3N4O7S/c1-6-13-41-33(46)28-10-9-23(30(44-28)34(47)49-5)24-18-29-26(31-20(11-14-50-29)12-15-52-31)17-25(24)32(45)43-22-8-7-21(27(16-22)37(38,39)40)19-42-35(48)51-36(2,3)4/h7-10,12,15-18H,6,11,13-14,19H2,1-5H3,(H,41,46)(H,42,48)(H,43,45). The lowest BCUT2D eigenvalue weighted by Crippen LogP contribution is -2.32. The molecule has 1 aliphatic heterocycles. The summed E-state index contributed by atoms with van der Waals surface area (Å²) in [5.41, 5.74) is -0.807. The van der Waals surface area contributed by atoms with Crippen molar-refractivity contribution in [3.8, 4) is 27.3 Å². The lowest BCUT2D eigenvalue weighted by Gasteiger charge is -2.21. The molecule has 15 heteroatoms. The number of benzene rings is 2. The van der Waals surface area contributed by atoms with E-state index in [-0.39, 0.29) is 39.3 Å². The number of esters is 1. The fourth-order valence-electron chi connectivity index (χ4n) is 5.46. The summed E-state index contributed by atoms with van der Waals surface area (Å²) in [5.74, 6) is -1.78. The third kappa shape index (κ3) is 8.70. The van der Waals surface area contributed by atoms with Gasteiger partial charge in [-0.3, -0.25) is 9.59 Å². The van der Waals surface area contributed by atoms with Crippen molar-refractivity contribution < 1.29 is 46.6 Å². The maximum atomic E-state index is 14.3. The first-order valence-corrected chi connectivity index (χ1v) is 17.2.